The quantitative estimate of drug-likeness (QED) is 0.567. The number of aliphatic hydroxyl groups excluding tert-OH is 1. The standard InChI is InChI=1S/C12H21BrO5/c1-7(6-17-9(3)14)12(16)8(2)11(5-13)18-10(4)15/h7-8,11-12,16H,5-6H2,1-4H3/t7-,8-,11+,12-/m1/s1. The Kier molecular flexibility index (Phi) is 8.18. The minimum atomic E-state index is -0.716. The molecule has 0 saturated carbocycles. The predicted octanol–water partition coefficient (Wildman–Crippen LogP) is 1.51. The van der Waals surface area contributed by atoms with E-state index in [-0.39, 0.29) is 30.4 Å². The molecule has 0 aliphatic carbocycles. The number of alkyl halides is 1. The molecule has 0 amide bonds. The molecule has 0 rings (SSSR count). The zero-order chi connectivity index (χ0) is 14.3. The van der Waals surface area contributed by atoms with Gasteiger partial charge in [0.2, 0.25) is 0 Å². The number of carbonyl (C=O) groups excluding carboxylic acids is 2. The number of halogens is 1. The molecule has 0 aliphatic rings. The van der Waals surface area contributed by atoms with E-state index in [1.54, 1.807) is 13.8 Å². The SMILES string of the molecule is CC(=O)OC[C@@H](C)[C@@H](O)[C@H](C)[C@H](CBr)OC(C)=O. The largest absolute Gasteiger partial charge is 0.465 e. The van der Waals surface area contributed by atoms with Crippen molar-refractivity contribution in [3.8, 4) is 0 Å². The smallest absolute Gasteiger partial charge is 0.302 e. The molecule has 0 spiro atoms. The van der Waals surface area contributed by atoms with Gasteiger partial charge in [-0.15, -0.1) is 0 Å². The Labute approximate surface area is 116 Å². The van der Waals surface area contributed by atoms with Gasteiger partial charge in [-0.2, -0.15) is 0 Å². The summed E-state index contributed by atoms with van der Waals surface area (Å²) >= 11 is 3.25. The summed E-state index contributed by atoms with van der Waals surface area (Å²) in [7, 11) is 0. The van der Waals surface area contributed by atoms with E-state index in [9.17, 15) is 14.7 Å². The molecule has 0 aromatic heterocycles. The zero-order valence-electron chi connectivity index (χ0n) is 11.2. The van der Waals surface area contributed by atoms with E-state index >= 15 is 0 Å². The van der Waals surface area contributed by atoms with Crippen molar-refractivity contribution in [3.05, 3.63) is 0 Å². The van der Waals surface area contributed by atoms with Crippen LogP contribution in [-0.4, -0.2) is 41.2 Å². The normalized spacial score (nSPS) is 17.4. The van der Waals surface area contributed by atoms with Gasteiger partial charge >= 0.3 is 11.9 Å². The molecular formula is C12H21BrO5. The van der Waals surface area contributed by atoms with Crippen LogP contribution in [0.15, 0.2) is 0 Å². The molecule has 0 unspecified atom stereocenters. The summed E-state index contributed by atoms with van der Waals surface area (Å²) in [4.78, 5) is 21.6. The molecule has 0 bridgehead atoms. The second kappa shape index (κ2) is 8.48. The minimum Gasteiger partial charge on any atom is -0.465 e. The van der Waals surface area contributed by atoms with Gasteiger partial charge in [0.1, 0.15) is 6.10 Å². The molecule has 18 heavy (non-hydrogen) atoms. The van der Waals surface area contributed by atoms with Gasteiger partial charge in [-0.1, -0.05) is 29.8 Å². The van der Waals surface area contributed by atoms with Gasteiger partial charge in [0.25, 0.3) is 0 Å². The summed E-state index contributed by atoms with van der Waals surface area (Å²) in [5.74, 6) is -1.23. The Balaban J connectivity index is 4.39. The van der Waals surface area contributed by atoms with E-state index in [0.29, 0.717) is 5.33 Å². The van der Waals surface area contributed by atoms with Crippen LogP contribution >= 0.6 is 15.9 Å². The molecule has 0 fully saturated rings. The van der Waals surface area contributed by atoms with Crippen LogP contribution in [-0.2, 0) is 19.1 Å². The first-order valence-corrected chi connectivity index (χ1v) is 6.96. The average Bonchev–Trinajstić information content (AvgIpc) is 2.30. The molecule has 1 N–H and O–H groups in total. The first-order valence-electron chi connectivity index (χ1n) is 5.84. The lowest BCUT2D eigenvalue weighted by Crippen LogP contribution is -2.39. The maximum absolute atomic E-state index is 10.9. The van der Waals surface area contributed by atoms with Crippen molar-refractivity contribution in [1.29, 1.82) is 0 Å². The van der Waals surface area contributed by atoms with E-state index in [2.05, 4.69) is 15.9 Å². The molecular weight excluding hydrogens is 304 g/mol. The van der Waals surface area contributed by atoms with Crippen LogP contribution in [0.2, 0.25) is 0 Å². The van der Waals surface area contributed by atoms with Gasteiger partial charge in [0, 0.05) is 31.0 Å². The Morgan fingerprint density at radius 2 is 1.78 bits per heavy atom. The van der Waals surface area contributed by atoms with Gasteiger partial charge in [0.15, 0.2) is 0 Å². The highest BCUT2D eigenvalue weighted by Gasteiger charge is 2.30. The maximum atomic E-state index is 10.9. The lowest BCUT2D eigenvalue weighted by molar-refractivity contribution is -0.151. The first kappa shape index (κ1) is 17.4. The van der Waals surface area contributed by atoms with E-state index in [0.717, 1.165) is 0 Å². The van der Waals surface area contributed by atoms with Crippen LogP contribution in [0.5, 0.6) is 0 Å². The van der Waals surface area contributed by atoms with Crippen molar-refractivity contribution in [3.63, 3.8) is 0 Å². The molecule has 0 aliphatic heterocycles. The third-order valence-electron chi connectivity index (χ3n) is 2.73. The number of ether oxygens (including phenoxy) is 2. The van der Waals surface area contributed by atoms with Gasteiger partial charge in [-0.25, -0.2) is 0 Å². The lowest BCUT2D eigenvalue weighted by Gasteiger charge is -2.29. The molecule has 106 valence electrons. The highest BCUT2D eigenvalue weighted by molar-refractivity contribution is 9.09. The average molecular weight is 325 g/mol. The van der Waals surface area contributed by atoms with Gasteiger partial charge in [0.05, 0.1) is 12.7 Å². The van der Waals surface area contributed by atoms with Crippen LogP contribution in [0.3, 0.4) is 0 Å². The Hall–Kier alpha value is -0.620. The number of rotatable bonds is 7. The highest BCUT2D eigenvalue weighted by atomic mass is 79.9. The monoisotopic (exact) mass is 324 g/mol. The molecule has 0 aromatic rings. The van der Waals surface area contributed by atoms with Crippen molar-refractivity contribution in [1.82, 2.24) is 0 Å². The second-order valence-corrected chi connectivity index (χ2v) is 5.08. The summed E-state index contributed by atoms with van der Waals surface area (Å²) in [6, 6.07) is 0. The zero-order valence-corrected chi connectivity index (χ0v) is 12.8. The Morgan fingerprint density at radius 3 is 2.17 bits per heavy atom. The molecule has 5 nitrogen and oxygen atoms in total. The van der Waals surface area contributed by atoms with Gasteiger partial charge in [-0.05, 0) is 0 Å². The fourth-order valence-electron chi connectivity index (χ4n) is 1.58. The van der Waals surface area contributed by atoms with Crippen molar-refractivity contribution in [2.24, 2.45) is 11.8 Å². The topological polar surface area (TPSA) is 72.8 Å². The van der Waals surface area contributed by atoms with Crippen LogP contribution in [0.1, 0.15) is 27.7 Å². The minimum absolute atomic E-state index is 0.149. The number of aliphatic hydroxyl groups is 1. The van der Waals surface area contributed by atoms with Crippen LogP contribution in [0, 0.1) is 11.8 Å². The van der Waals surface area contributed by atoms with Crippen LogP contribution in [0.4, 0.5) is 0 Å². The van der Waals surface area contributed by atoms with Crippen molar-refractivity contribution in [2.45, 2.75) is 39.9 Å². The molecule has 0 saturated heterocycles. The van der Waals surface area contributed by atoms with E-state index in [1.807, 2.05) is 0 Å². The number of esters is 2. The molecule has 4 atom stereocenters. The third kappa shape index (κ3) is 6.35. The van der Waals surface area contributed by atoms with Gasteiger partial charge < -0.3 is 14.6 Å². The number of hydrogen-bond acceptors (Lipinski definition) is 5. The summed E-state index contributed by atoms with van der Waals surface area (Å²) in [6.45, 7) is 6.38. The van der Waals surface area contributed by atoms with Gasteiger partial charge in [-0.3, -0.25) is 9.59 Å². The summed E-state index contributed by atoms with van der Waals surface area (Å²) < 4.78 is 9.96. The first-order chi connectivity index (χ1) is 8.29. The van der Waals surface area contributed by atoms with E-state index < -0.39 is 12.2 Å². The van der Waals surface area contributed by atoms with Crippen molar-refractivity contribution >= 4 is 27.9 Å². The predicted molar refractivity (Wildman–Crippen MR) is 70.3 cm³/mol. The molecule has 0 radical (unpaired) electrons. The molecule has 0 heterocycles. The number of carbonyl (C=O) groups is 2. The maximum Gasteiger partial charge on any atom is 0.302 e. The van der Waals surface area contributed by atoms with Crippen molar-refractivity contribution in [2.75, 3.05) is 11.9 Å². The summed E-state index contributed by atoms with van der Waals surface area (Å²) in [5.41, 5.74) is 0. The molecule has 0 aromatic carbocycles. The second-order valence-electron chi connectivity index (χ2n) is 4.43. The van der Waals surface area contributed by atoms with Crippen LogP contribution < -0.4 is 0 Å². The Morgan fingerprint density at radius 1 is 1.22 bits per heavy atom. The summed E-state index contributed by atoms with van der Waals surface area (Å²) in [5, 5.41) is 10.6. The van der Waals surface area contributed by atoms with Crippen molar-refractivity contribution < 1.29 is 24.2 Å². The summed E-state index contributed by atoms with van der Waals surface area (Å²) in [6.07, 6.45) is -1.12. The fraction of sp³-hybridized carbons (Fsp3) is 0.833. The van der Waals surface area contributed by atoms with E-state index in [4.69, 9.17) is 9.47 Å². The Bertz CT molecular complexity index is 282. The third-order valence-corrected chi connectivity index (χ3v) is 3.37. The van der Waals surface area contributed by atoms with Crippen LogP contribution in [0.25, 0.3) is 0 Å². The highest BCUT2D eigenvalue weighted by Crippen LogP contribution is 2.20. The fourth-order valence-corrected chi connectivity index (χ4v) is 2.30. The number of hydrogen-bond donors (Lipinski definition) is 1. The van der Waals surface area contributed by atoms with E-state index in [1.165, 1.54) is 13.8 Å². The lowest BCUT2D eigenvalue weighted by atomic mass is 9.90. The molecule has 6 heteroatoms.